The number of nitrogens with zero attached hydrogens (tertiary/aromatic N) is 3. The lowest BCUT2D eigenvalue weighted by molar-refractivity contribution is 0.0945. The fourth-order valence-electron chi connectivity index (χ4n) is 1.60. The standard InChI is InChI=1S/C12H17N5OS/c1-6(2)12-14-7(3)9(19-12)5-13-11(18)10-8(4)15-17-16-10/h6H,5H2,1-4H3,(H,13,18)(H,15,16,17). The number of aromatic nitrogens is 4. The van der Waals surface area contributed by atoms with Crippen molar-refractivity contribution in [2.24, 2.45) is 0 Å². The lowest BCUT2D eigenvalue weighted by atomic mass is 10.2. The minimum Gasteiger partial charge on any atom is -0.346 e. The van der Waals surface area contributed by atoms with Gasteiger partial charge in [0.25, 0.3) is 5.91 Å². The number of carbonyl (C=O) groups is 1. The first kappa shape index (κ1) is 13.7. The lowest BCUT2D eigenvalue weighted by Gasteiger charge is -2.01. The summed E-state index contributed by atoms with van der Waals surface area (Å²) in [5, 5.41) is 14.0. The van der Waals surface area contributed by atoms with Crippen molar-refractivity contribution in [3.63, 3.8) is 0 Å². The van der Waals surface area contributed by atoms with E-state index in [0.29, 0.717) is 23.9 Å². The van der Waals surface area contributed by atoms with Gasteiger partial charge >= 0.3 is 0 Å². The highest BCUT2D eigenvalue weighted by atomic mass is 32.1. The van der Waals surface area contributed by atoms with E-state index in [1.165, 1.54) is 0 Å². The monoisotopic (exact) mass is 279 g/mol. The second-order valence-electron chi connectivity index (χ2n) is 4.66. The number of rotatable bonds is 4. The van der Waals surface area contributed by atoms with Crippen molar-refractivity contribution in [2.45, 2.75) is 40.2 Å². The number of hydrogen-bond acceptors (Lipinski definition) is 5. The highest BCUT2D eigenvalue weighted by Crippen LogP contribution is 2.24. The van der Waals surface area contributed by atoms with Crippen molar-refractivity contribution in [1.29, 1.82) is 0 Å². The maximum atomic E-state index is 11.9. The van der Waals surface area contributed by atoms with Gasteiger partial charge in [-0.1, -0.05) is 13.8 Å². The number of amides is 1. The van der Waals surface area contributed by atoms with Crippen molar-refractivity contribution in [2.75, 3.05) is 0 Å². The number of nitrogens with one attached hydrogen (secondary N) is 2. The predicted octanol–water partition coefficient (Wildman–Crippen LogP) is 1.93. The summed E-state index contributed by atoms with van der Waals surface area (Å²) in [5.41, 5.74) is 1.92. The third kappa shape index (κ3) is 2.98. The Morgan fingerprint density at radius 1 is 1.32 bits per heavy atom. The Morgan fingerprint density at radius 3 is 2.58 bits per heavy atom. The number of hydrogen-bond donors (Lipinski definition) is 2. The van der Waals surface area contributed by atoms with E-state index in [2.05, 4.69) is 39.6 Å². The first-order valence-electron chi connectivity index (χ1n) is 6.10. The molecule has 2 N–H and O–H groups in total. The first-order valence-corrected chi connectivity index (χ1v) is 6.92. The summed E-state index contributed by atoms with van der Waals surface area (Å²) < 4.78 is 0. The number of thiazole rings is 1. The van der Waals surface area contributed by atoms with Gasteiger partial charge in [0.05, 0.1) is 22.9 Å². The van der Waals surface area contributed by atoms with Crippen LogP contribution in [-0.2, 0) is 6.54 Å². The van der Waals surface area contributed by atoms with E-state index in [0.717, 1.165) is 15.6 Å². The van der Waals surface area contributed by atoms with E-state index in [1.54, 1.807) is 18.3 Å². The molecule has 0 bridgehead atoms. The van der Waals surface area contributed by atoms with E-state index in [-0.39, 0.29) is 5.91 Å². The number of carbonyl (C=O) groups excluding carboxylic acids is 1. The molecule has 0 aliphatic rings. The van der Waals surface area contributed by atoms with Gasteiger partial charge in [0.2, 0.25) is 0 Å². The molecule has 0 unspecified atom stereocenters. The highest BCUT2D eigenvalue weighted by Gasteiger charge is 2.15. The Morgan fingerprint density at radius 2 is 2.05 bits per heavy atom. The highest BCUT2D eigenvalue weighted by molar-refractivity contribution is 7.11. The summed E-state index contributed by atoms with van der Waals surface area (Å²) in [7, 11) is 0. The predicted molar refractivity (Wildman–Crippen MR) is 73.2 cm³/mol. The van der Waals surface area contributed by atoms with E-state index < -0.39 is 0 Å². The van der Waals surface area contributed by atoms with Gasteiger partial charge in [0, 0.05) is 10.8 Å². The zero-order valence-corrected chi connectivity index (χ0v) is 12.3. The first-order chi connectivity index (χ1) is 8.99. The maximum Gasteiger partial charge on any atom is 0.274 e. The second kappa shape index (κ2) is 5.48. The van der Waals surface area contributed by atoms with Crippen LogP contribution in [-0.4, -0.2) is 26.3 Å². The summed E-state index contributed by atoms with van der Waals surface area (Å²) in [4.78, 5) is 17.5. The molecule has 0 aromatic carbocycles. The van der Waals surface area contributed by atoms with E-state index in [1.807, 2.05) is 6.92 Å². The molecule has 2 rings (SSSR count). The Kier molecular flexibility index (Phi) is 3.94. The molecular formula is C12H17N5OS. The van der Waals surface area contributed by atoms with Gasteiger partial charge in [-0.15, -0.1) is 11.3 Å². The molecule has 7 heteroatoms. The molecule has 0 saturated carbocycles. The van der Waals surface area contributed by atoms with Crippen LogP contribution in [0.15, 0.2) is 0 Å². The third-order valence-electron chi connectivity index (χ3n) is 2.75. The lowest BCUT2D eigenvalue weighted by Crippen LogP contribution is -2.23. The van der Waals surface area contributed by atoms with Crippen LogP contribution in [0.25, 0.3) is 0 Å². The van der Waals surface area contributed by atoms with Crippen LogP contribution >= 0.6 is 11.3 Å². The maximum absolute atomic E-state index is 11.9. The molecule has 1 amide bonds. The van der Waals surface area contributed by atoms with Gasteiger partial charge in [-0.2, -0.15) is 15.4 Å². The Balaban J connectivity index is 2.03. The second-order valence-corrected chi connectivity index (χ2v) is 5.77. The summed E-state index contributed by atoms with van der Waals surface area (Å²) in [5.74, 6) is 0.191. The van der Waals surface area contributed by atoms with Crippen molar-refractivity contribution < 1.29 is 4.79 Å². The van der Waals surface area contributed by atoms with E-state index in [9.17, 15) is 4.79 Å². The fourth-order valence-corrected chi connectivity index (χ4v) is 2.61. The van der Waals surface area contributed by atoms with Gasteiger partial charge in [-0.05, 0) is 13.8 Å². The molecule has 0 atom stereocenters. The van der Waals surface area contributed by atoms with Crippen LogP contribution < -0.4 is 5.32 Å². The molecule has 0 aliphatic heterocycles. The summed E-state index contributed by atoms with van der Waals surface area (Å²) in [6.45, 7) is 8.40. The van der Waals surface area contributed by atoms with E-state index >= 15 is 0 Å². The van der Waals surface area contributed by atoms with Crippen molar-refractivity contribution >= 4 is 17.2 Å². The molecule has 2 aromatic heterocycles. The van der Waals surface area contributed by atoms with E-state index in [4.69, 9.17) is 0 Å². The Labute approximate surface area is 115 Å². The molecule has 2 aromatic rings. The average molecular weight is 279 g/mol. The number of H-pyrrole nitrogens is 1. The quantitative estimate of drug-likeness (QED) is 0.895. The largest absolute Gasteiger partial charge is 0.346 e. The van der Waals surface area contributed by atoms with Crippen LogP contribution in [0, 0.1) is 13.8 Å². The smallest absolute Gasteiger partial charge is 0.274 e. The molecule has 0 aliphatic carbocycles. The number of aryl methyl sites for hydroxylation is 2. The SMILES string of the molecule is Cc1n[nH]nc1C(=O)NCc1sc(C(C)C)nc1C. The van der Waals surface area contributed by atoms with Crippen molar-refractivity contribution in [1.82, 2.24) is 25.7 Å². The molecule has 6 nitrogen and oxygen atoms in total. The molecule has 2 heterocycles. The minimum absolute atomic E-state index is 0.217. The summed E-state index contributed by atoms with van der Waals surface area (Å²) in [6.07, 6.45) is 0. The van der Waals surface area contributed by atoms with Gasteiger partial charge in [-0.25, -0.2) is 4.98 Å². The normalized spacial score (nSPS) is 11.0. The van der Waals surface area contributed by atoms with Crippen LogP contribution in [0.4, 0.5) is 0 Å². The summed E-state index contributed by atoms with van der Waals surface area (Å²) in [6, 6.07) is 0. The van der Waals surface area contributed by atoms with Crippen LogP contribution in [0.2, 0.25) is 0 Å². The average Bonchev–Trinajstić information content (AvgIpc) is 2.93. The van der Waals surface area contributed by atoms with Crippen LogP contribution in [0.5, 0.6) is 0 Å². The number of aromatic amines is 1. The molecule has 0 saturated heterocycles. The summed E-state index contributed by atoms with van der Waals surface area (Å²) >= 11 is 1.64. The molecule has 19 heavy (non-hydrogen) atoms. The zero-order valence-electron chi connectivity index (χ0n) is 11.4. The zero-order chi connectivity index (χ0) is 14.0. The van der Waals surface area contributed by atoms with Crippen LogP contribution in [0.1, 0.15) is 51.5 Å². The van der Waals surface area contributed by atoms with Gasteiger partial charge in [0.15, 0.2) is 5.69 Å². The Hall–Kier alpha value is -1.76. The van der Waals surface area contributed by atoms with Crippen molar-refractivity contribution in [3.05, 3.63) is 27.0 Å². The molecule has 102 valence electrons. The third-order valence-corrected chi connectivity index (χ3v) is 4.21. The topological polar surface area (TPSA) is 83.6 Å². The Bertz CT molecular complexity index is 587. The molecular weight excluding hydrogens is 262 g/mol. The fraction of sp³-hybridized carbons (Fsp3) is 0.500. The van der Waals surface area contributed by atoms with Crippen LogP contribution in [0.3, 0.4) is 0 Å². The van der Waals surface area contributed by atoms with Gasteiger partial charge in [0.1, 0.15) is 0 Å². The van der Waals surface area contributed by atoms with Crippen molar-refractivity contribution in [3.8, 4) is 0 Å². The van der Waals surface area contributed by atoms with Gasteiger partial charge < -0.3 is 5.32 Å². The molecule has 0 spiro atoms. The van der Waals surface area contributed by atoms with Gasteiger partial charge in [-0.3, -0.25) is 4.79 Å². The molecule has 0 fully saturated rings. The minimum atomic E-state index is -0.217. The molecule has 0 radical (unpaired) electrons.